The summed E-state index contributed by atoms with van der Waals surface area (Å²) in [6.07, 6.45) is 8.33. The fraction of sp³-hybridized carbons (Fsp3) is 0.379. The summed E-state index contributed by atoms with van der Waals surface area (Å²) in [5, 5.41) is 0. The molecule has 3 aromatic carbocycles. The van der Waals surface area contributed by atoms with Gasteiger partial charge in [0.1, 0.15) is 0 Å². The van der Waals surface area contributed by atoms with Crippen LogP contribution in [0.1, 0.15) is 55.7 Å². The SMILES string of the molecule is Cc1ccc(-c2ccc(-c3ccc(CCC4CCC(C)CC4)c(C)c3)cc2)cc1. The van der Waals surface area contributed by atoms with E-state index in [2.05, 4.69) is 87.5 Å². The van der Waals surface area contributed by atoms with Crippen LogP contribution in [0.4, 0.5) is 0 Å². The Morgan fingerprint density at radius 1 is 0.655 bits per heavy atom. The molecule has 0 heteroatoms. The van der Waals surface area contributed by atoms with Crippen molar-refractivity contribution in [3.05, 3.63) is 83.4 Å². The van der Waals surface area contributed by atoms with E-state index in [-0.39, 0.29) is 0 Å². The van der Waals surface area contributed by atoms with Gasteiger partial charge in [-0.2, -0.15) is 0 Å². The summed E-state index contributed by atoms with van der Waals surface area (Å²) in [6.45, 7) is 6.82. The summed E-state index contributed by atoms with van der Waals surface area (Å²) in [4.78, 5) is 0. The van der Waals surface area contributed by atoms with Crippen LogP contribution in [0.5, 0.6) is 0 Å². The van der Waals surface area contributed by atoms with Crippen molar-refractivity contribution in [1.29, 1.82) is 0 Å². The van der Waals surface area contributed by atoms with Crippen LogP contribution in [0.2, 0.25) is 0 Å². The van der Waals surface area contributed by atoms with Gasteiger partial charge in [0.2, 0.25) is 0 Å². The molecule has 0 spiro atoms. The van der Waals surface area contributed by atoms with Crippen LogP contribution in [-0.2, 0) is 6.42 Å². The van der Waals surface area contributed by atoms with Gasteiger partial charge in [-0.15, -0.1) is 0 Å². The Hall–Kier alpha value is -2.34. The number of hydrogen-bond acceptors (Lipinski definition) is 0. The molecule has 1 aliphatic carbocycles. The van der Waals surface area contributed by atoms with Gasteiger partial charge >= 0.3 is 0 Å². The van der Waals surface area contributed by atoms with E-state index in [0.717, 1.165) is 11.8 Å². The molecule has 0 N–H and O–H groups in total. The van der Waals surface area contributed by atoms with Crippen LogP contribution in [0.15, 0.2) is 66.7 Å². The van der Waals surface area contributed by atoms with Crippen molar-refractivity contribution < 1.29 is 0 Å². The molecule has 0 heterocycles. The highest BCUT2D eigenvalue weighted by molar-refractivity contribution is 5.71. The normalized spacial score (nSPS) is 19.3. The molecule has 0 radical (unpaired) electrons. The molecule has 0 atom stereocenters. The molecule has 3 aromatic rings. The summed E-state index contributed by atoms with van der Waals surface area (Å²) in [7, 11) is 0. The predicted octanol–water partition coefficient (Wildman–Crippen LogP) is 8.40. The Balaban J connectivity index is 1.42. The minimum absolute atomic E-state index is 0.944. The van der Waals surface area contributed by atoms with E-state index >= 15 is 0 Å². The second-order valence-corrected chi connectivity index (χ2v) is 9.25. The highest BCUT2D eigenvalue weighted by atomic mass is 14.2. The average molecular weight is 383 g/mol. The molecule has 0 aliphatic heterocycles. The fourth-order valence-corrected chi connectivity index (χ4v) is 4.73. The lowest BCUT2D eigenvalue weighted by Gasteiger charge is -2.26. The summed E-state index contributed by atoms with van der Waals surface area (Å²) in [6, 6.07) is 24.8. The van der Waals surface area contributed by atoms with Crippen molar-refractivity contribution in [2.24, 2.45) is 11.8 Å². The van der Waals surface area contributed by atoms with Crippen LogP contribution in [0.25, 0.3) is 22.3 Å². The molecule has 0 bridgehead atoms. The Kier molecular flexibility index (Phi) is 6.19. The van der Waals surface area contributed by atoms with Gasteiger partial charge in [-0.05, 0) is 71.9 Å². The Labute approximate surface area is 177 Å². The maximum Gasteiger partial charge on any atom is -0.0181 e. The first-order chi connectivity index (χ1) is 14.1. The molecule has 1 aliphatic rings. The molecule has 4 rings (SSSR count). The van der Waals surface area contributed by atoms with Gasteiger partial charge in [0.05, 0.1) is 0 Å². The molecule has 0 saturated heterocycles. The van der Waals surface area contributed by atoms with Gasteiger partial charge < -0.3 is 0 Å². The van der Waals surface area contributed by atoms with Crippen molar-refractivity contribution in [2.75, 3.05) is 0 Å². The van der Waals surface area contributed by atoms with Crippen molar-refractivity contribution in [1.82, 2.24) is 0 Å². The molecular formula is C29H34. The molecule has 0 amide bonds. The van der Waals surface area contributed by atoms with Crippen LogP contribution >= 0.6 is 0 Å². The summed E-state index contributed by atoms with van der Waals surface area (Å²) in [5.41, 5.74) is 9.47. The summed E-state index contributed by atoms with van der Waals surface area (Å²) >= 11 is 0. The largest absolute Gasteiger partial charge is 0.0625 e. The smallest absolute Gasteiger partial charge is 0.0181 e. The standard InChI is InChI=1S/C29H34/c1-21-4-8-24(9-5-21)10-13-25-14-19-29(20-23(25)3)28-17-15-27(16-18-28)26-11-6-22(2)7-12-26/h6-7,11-12,14-21,24H,4-5,8-10,13H2,1-3H3. The third kappa shape index (κ3) is 4.99. The van der Waals surface area contributed by atoms with E-state index in [1.807, 2.05) is 0 Å². The first kappa shape index (κ1) is 20.0. The van der Waals surface area contributed by atoms with E-state index < -0.39 is 0 Å². The van der Waals surface area contributed by atoms with Crippen LogP contribution in [-0.4, -0.2) is 0 Å². The third-order valence-corrected chi connectivity index (χ3v) is 6.90. The summed E-state index contributed by atoms with van der Waals surface area (Å²) < 4.78 is 0. The minimum Gasteiger partial charge on any atom is -0.0625 e. The predicted molar refractivity (Wildman–Crippen MR) is 126 cm³/mol. The molecule has 0 unspecified atom stereocenters. The van der Waals surface area contributed by atoms with E-state index in [0.29, 0.717) is 0 Å². The van der Waals surface area contributed by atoms with Crippen molar-refractivity contribution in [2.45, 2.75) is 59.3 Å². The van der Waals surface area contributed by atoms with E-state index in [9.17, 15) is 0 Å². The molecule has 1 saturated carbocycles. The molecule has 0 aromatic heterocycles. The first-order valence-electron chi connectivity index (χ1n) is 11.4. The van der Waals surface area contributed by atoms with Gasteiger partial charge in [0.25, 0.3) is 0 Å². The number of hydrogen-bond donors (Lipinski definition) is 0. The second-order valence-electron chi connectivity index (χ2n) is 9.25. The number of rotatable bonds is 5. The maximum absolute atomic E-state index is 2.41. The third-order valence-electron chi connectivity index (χ3n) is 6.90. The van der Waals surface area contributed by atoms with Crippen molar-refractivity contribution in [3.63, 3.8) is 0 Å². The lowest BCUT2D eigenvalue weighted by molar-refractivity contribution is 0.277. The first-order valence-corrected chi connectivity index (χ1v) is 11.4. The van der Waals surface area contributed by atoms with Crippen LogP contribution in [0, 0.1) is 25.7 Å². The minimum atomic E-state index is 0.944. The lowest BCUT2D eigenvalue weighted by atomic mass is 9.80. The lowest BCUT2D eigenvalue weighted by Crippen LogP contribution is -2.13. The molecule has 0 nitrogen and oxygen atoms in total. The van der Waals surface area contributed by atoms with E-state index in [1.165, 1.54) is 77.5 Å². The highest BCUT2D eigenvalue weighted by Gasteiger charge is 2.18. The quantitative estimate of drug-likeness (QED) is 0.415. The average Bonchev–Trinajstić information content (AvgIpc) is 2.75. The molecule has 150 valence electrons. The molecular weight excluding hydrogens is 348 g/mol. The topological polar surface area (TPSA) is 0 Å². The maximum atomic E-state index is 2.41. The van der Waals surface area contributed by atoms with Gasteiger partial charge in [-0.1, -0.05) is 105 Å². The van der Waals surface area contributed by atoms with Crippen LogP contribution < -0.4 is 0 Å². The molecule has 1 fully saturated rings. The van der Waals surface area contributed by atoms with E-state index in [1.54, 1.807) is 0 Å². The van der Waals surface area contributed by atoms with Gasteiger partial charge in [-0.3, -0.25) is 0 Å². The Morgan fingerprint density at radius 2 is 1.17 bits per heavy atom. The Morgan fingerprint density at radius 3 is 1.76 bits per heavy atom. The van der Waals surface area contributed by atoms with Gasteiger partial charge in [-0.25, -0.2) is 0 Å². The zero-order valence-corrected chi connectivity index (χ0v) is 18.2. The zero-order chi connectivity index (χ0) is 20.2. The van der Waals surface area contributed by atoms with Crippen molar-refractivity contribution in [3.8, 4) is 22.3 Å². The van der Waals surface area contributed by atoms with Gasteiger partial charge in [0, 0.05) is 0 Å². The van der Waals surface area contributed by atoms with Crippen molar-refractivity contribution >= 4 is 0 Å². The molecule has 29 heavy (non-hydrogen) atoms. The number of aryl methyl sites for hydroxylation is 3. The highest BCUT2D eigenvalue weighted by Crippen LogP contribution is 2.32. The number of benzene rings is 3. The van der Waals surface area contributed by atoms with E-state index in [4.69, 9.17) is 0 Å². The summed E-state index contributed by atoms with van der Waals surface area (Å²) in [5.74, 6) is 1.89. The van der Waals surface area contributed by atoms with Crippen LogP contribution in [0.3, 0.4) is 0 Å². The zero-order valence-electron chi connectivity index (χ0n) is 18.2. The Bertz CT molecular complexity index is 923. The fourth-order valence-electron chi connectivity index (χ4n) is 4.73. The second kappa shape index (κ2) is 8.99. The van der Waals surface area contributed by atoms with Gasteiger partial charge in [0.15, 0.2) is 0 Å². The monoisotopic (exact) mass is 382 g/mol.